The number of amides is 1. The van der Waals surface area contributed by atoms with Crippen LogP contribution in [0.25, 0.3) is 5.76 Å². The molecule has 0 aromatic heterocycles. The molecule has 202 valence electrons. The number of fused-ring (bicyclic) bond motifs is 1. The zero-order chi connectivity index (χ0) is 27.5. The van der Waals surface area contributed by atoms with Gasteiger partial charge in [-0.2, -0.15) is 0 Å². The average molecular weight is 528 g/mol. The predicted octanol–water partition coefficient (Wildman–Crippen LogP) is 5.82. The molecule has 0 unspecified atom stereocenters. The van der Waals surface area contributed by atoms with Gasteiger partial charge in [0.1, 0.15) is 17.6 Å². The second-order valence-electron chi connectivity index (χ2n) is 9.86. The van der Waals surface area contributed by atoms with Gasteiger partial charge < -0.3 is 24.2 Å². The molecule has 3 aromatic carbocycles. The smallest absolute Gasteiger partial charge is 0.295 e. The molecule has 1 saturated heterocycles. The summed E-state index contributed by atoms with van der Waals surface area (Å²) >= 11 is 0. The molecule has 2 aliphatic heterocycles. The van der Waals surface area contributed by atoms with Crippen LogP contribution in [0.1, 0.15) is 55.5 Å². The third kappa shape index (κ3) is 5.21. The molecule has 1 N–H and O–H groups in total. The minimum absolute atomic E-state index is 0.0410. The molecular formula is C32H33NO6. The van der Waals surface area contributed by atoms with Crippen LogP contribution in [0.3, 0.4) is 0 Å². The van der Waals surface area contributed by atoms with E-state index in [2.05, 4.69) is 0 Å². The number of benzene rings is 3. The molecule has 1 fully saturated rings. The summed E-state index contributed by atoms with van der Waals surface area (Å²) < 4.78 is 17.5. The number of nitrogens with zero attached hydrogens (tertiary/aromatic N) is 1. The zero-order valence-electron chi connectivity index (χ0n) is 22.5. The van der Waals surface area contributed by atoms with Gasteiger partial charge >= 0.3 is 0 Å². The maximum absolute atomic E-state index is 13.5. The average Bonchev–Trinajstić information content (AvgIpc) is 3.43. The number of hydrogen-bond donors (Lipinski definition) is 1. The molecule has 2 heterocycles. The number of ether oxygens (including phenoxy) is 3. The van der Waals surface area contributed by atoms with E-state index in [4.69, 9.17) is 14.2 Å². The first kappa shape index (κ1) is 26.4. The van der Waals surface area contributed by atoms with Crippen LogP contribution in [0.2, 0.25) is 0 Å². The molecule has 7 nitrogen and oxygen atoms in total. The lowest BCUT2D eigenvalue weighted by atomic mass is 9.94. The fourth-order valence-corrected chi connectivity index (χ4v) is 5.19. The van der Waals surface area contributed by atoms with Crippen molar-refractivity contribution < 1.29 is 28.9 Å². The Morgan fingerprint density at radius 1 is 1.00 bits per heavy atom. The highest BCUT2D eigenvalue weighted by Crippen LogP contribution is 2.43. The van der Waals surface area contributed by atoms with Crippen molar-refractivity contribution in [1.82, 2.24) is 4.90 Å². The number of likely N-dealkylation sites (tertiary alicyclic amines) is 1. The van der Waals surface area contributed by atoms with Crippen LogP contribution in [0.5, 0.6) is 17.2 Å². The Labute approximate surface area is 228 Å². The monoisotopic (exact) mass is 527 g/mol. The SMILES string of the molecule is CCCOc1ccc([C@H]2C(=C(O)c3ccc4c(c3)C[C@H](C)O4)C(=O)C(=O)N2Cc2ccccc2)cc1OCC. The number of ketones is 1. The maximum Gasteiger partial charge on any atom is 0.295 e. The highest BCUT2D eigenvalue weighted by Gasteiger charge is 2.46. The van der Waals surface area contributed by atoms with E-state index in [1.54, 1.807) is 24.3 Å². The normalized spacial score (nSPS) is 19.6. The summed E-state index contributed by atoms with van der Waals surface area (Å²) in [5.41, 5.74) is 3.00. The molecule has 0 saturated carbocycles. The number of hydrogen-bond acceptors (Lipinski definition) is 6. The predicted molar refractivity (Wildman–Crippen MR) is 148 cm³/mol. The van der Waals surface area contributed by atoms with E-state index in [0.717, 1.165) is 23.3 Å². The molecule has 0 bridgehead atoms. The molecule has 1 amide bonds. The summed E-state index contributed by atoms with van der Waals surface area (Å²) in [6, 6.07) is 19.5. The van der Waals surface area contributed by atoms with Crippen molar-refractivity contribution in [2.45, 2.75) is 52.3 Å². The van der Waals surface area contributed by atoms with Crippen molar-refractivity contribution in [2.24, 2.45) is 0 Å². The van der Waals surface area contributed by atoms with Gasteiger partial charge in [0.15, 0.2) is 11.5 Å². The Kier molecular flexibility index (Phi) is 7.59. The number of Topliss-reactive ketones (excluding diaryl/α,β-unsaturated/α-hetero) is 1. The van der Waals surface area contributed by atoms with Crippen molar-refractivity contribution >= 4 is 17.4 Å². The van der Waals surface area contributed by atoms with Gasteiger partial charge in [-0.25, -0.2) is 0 Å². The minimum atomic E-state index is -0.812. The van der Waals surface area contributed by atoms with Gasteiger partial charge in [-0.1, -0.05) is 43.3 Å². The third-order valence-electron chi connectivity index (χ3n) is 6.95. The molecule has 39 heavy (non-hydrogen) atoms. The Balaban J connectivity index is 1.63. The fourth-order valence-electron chi connectivity index (χ4n) is 5.19. The van der Waals surface area contributed by atoms with E-state index in [0.29, 0.717) is 42.3 Å². The standard InChI is InChI=1S/C32H33NO6/c1-4-15-38-26-14-11-22(18-27(26)37-5-2)29-28(30(34)23-12-13-25-24(17-23)16-20(3)39-25)31(35)32(36)33(29)19-21-9-7-6-8-10-21/h6-14,17-18,20,29,34H,4-5,15-16,19H2,1-3H3/t20-,29-/m0/s1. The topological polar surface area (TPSA) is 85.3 Å². The fraction of sp³-hybridized carbons (Fsp3) is 0.312. The quantitative estimate of drug-likeness (QED) is 0.214. The largest absolute Gasteiger partial charge is 0.507 e. The molecule has 2 aliphatic rings. The number of rotatable bonds is 9. The second kappa shape index (κ2) is 11.2. The Morgan fingerprint density at radius 2 is 1.79 bits per heavy atom. The summed E-state index contributed by atoms with van der Waals surface area (Å²) in [6.07, 6.45) is 1.59. The molecule has 3 aromatic rings. The van der Waals surface area contributed by atoms with E-state index in [9.17, 15) is 14.7 Å². The van der Waals surface area contributed by atoms with Crippen LogP contribution in [0.15, 0.2) is 72.3 Å². The molecule has 0 aliphatic carbocycles. The first-order chi connectivity index (χ1) is 18.9. The zero-order valence-corrected chi connectivity index (χ0v) is 22.5. The van der Waals surface area contributed by atoms with Crippen LogP contribution in [0.4, 0.5) is 0 Å². The molecule has 2 atom stereocenters. The van der Waals surface area contributed by atoms with E-state index >= 15 is 0 Å². The van der Waals surface area contributed by atoms with Crippen molar-refractivity contribution in [3.05, 3.63) is 94.6 Å². The Morgan fingerprint density at radius 3 is 2.54 bits per heavy atom. The van der Waals surface area contributed by atoms with Crippen molar-refractivity contribution in [3.8, 4) is 17.2 Å². The van der Waals surface area contributed by atoms with Gasteiger partial charge in [-0.15, -0.1) is 0 Å². The number of aliphatic hydroxyl groups excluding tert-OH is 1. The minimum Gasteiger partial charge on any atom is -0.507 e. The molecular weight excluding hydrogens is 494 g/mol. The van der Waals surface area contributed by atoms with Crippen LogP contribution in [-0.4, -0.2) is 41.0 Å². The number of carbonyl (C=O) groups is 2. The van der Waals surface area contributed by atoms with E-state index in [1.165, 1.54) is 4.90 Å². The highest BCUT2D eigenvalue weighted by atomic mass is 16.5. The van der Waals surface area contributed by atoms with Crippen LogP contribution in [-0.2, 0) is 22.6 Å². The van der Waals surface area contributed by atoms with Crippen molar-refractivity contribution in [1.29, 1.82) is 0 Å². The summed E-state index contributed by atoms with van der Waals surface area (Å²) in [5.74, 6) is 0.299. The molecule has 7 heteroatoms. The highest BCUT2D eigenvalue weighted by molar-refractivity contribution is 6.46. The first-order valence-corrected chi connectivity index (χ1v) is 13.4. The van der Waals surface area contributed by atoms with Crippen LogP contribution < -0.4 is 14.2 Å². The first-order valence-electron chi connectivity index (χ1n) is 13.4. The number of aliphatic hydroxyl groups is 1. The van der Waals surface area contributed by atoms with Crippen LogP contribution >= 0.6 is 0 Å². The molecule has 0 radical (unpaired) electrons. The Bertz CT molecular complexity index is 1410. The summed E-state index contributed by atoms with van der Waals surface area (Å²) in [5, 5.41) is 11.5. The lowest BCUT2D eigenvalue weighted by molar-refractivity contribution is -0.140. The third-order valence-corrected chi connectivity index (χ3v) is 6.95. The lowest BCUT2D eigenvalue weighted by Crippen LogP contribution is -2.29. The molecule has 5 rings (SSSR count). The summed E-state index contributed by atoms with van der Waals surface area (Å²) in [4.78, 5) is 28.5. The Hall–Kier alpha value is -4.26. The van der Waals surface area contributed by atoms with Gasteiger partial charge in [0.25, 0.3) is 11.7 Å². The summed E-state index contributed by atoms with van der Waals surface area (Å²) in [6.45, 7) is 7.06. The summed E-state index contributed by atoms with van der Waals surface area (Å²) in [7, 11) is 0. The van der Waals surface area contributed by atoms with Crippen molar-refractivity contribution in [3.63, 3.8) is 0 Å². The van der Waals surface area contributed by atoms with Crippen molar-refractivity contribution in [2.75, 3.05) is 13.2 Å². The van der Waals surface area contributed by atoms with E-state index in [-0.39, 0.29) is 24.0 Å². The van der Waals surface area contributed by atoms with Crippen LogP contribution in [0, 0.1) is 0 Å². The van der Waals surface area contributed by atoms with Gasteiger partial charge in [0.05, 0.1) is 24.8 Å². The molecule has 0 spiro atoms. The van der Waals surface area contributed by atoms with Gasteiger partial charge in [0.2, 0.25) is 0 Å². The van der Waals surface area contributed by atoms with Gasteiger partial charge in [0, 0.05) is 18.5 Å². The number of carbonyl (C=O) groups excluding carboxylic acids is 2. The second-order valence-corrected chi connectivity index (χ2v) is 9.86. The van der Waals surface area contributed by atoms with Gasteiger partial charge in [-0.3, -0.25) is 9.59 Å². The lowest BCUT2D eigenvalue weighted by Gasteiger charge is -2.26. The van der Waals surface area contributed by atoms with Gasteiger partial charge in [-0.05, 0) is 67.3 Å². The van der Waals surface area contributed by atoms with E-state index < -0.39 is 17.7 Å². The van der Waals surface area contributed by atoms with E-state index in [1.807, 2.05) is 63.2 Å². The maximum atomic E-state index is 13.5.